The van der Waals surface area contributed by atoms with Gasteiger partial charge in [-0.15, -0.1) is 0 Å². The van der Waals surface area contributed by atoms with Gasteiger partial charge in [0.2, 0.25) is 0 Å². The molecule has 0 saturated carbocycles. The topological polar surface area (TPSA) is 42.0 Å². The highest BCUT2D eigenvalue weighted by Crippen LogP contribution is 2.26. The van der Waals surface area contributed by atoms with E-state index in [0.717, 1.165) is 18.7 Å². The highest BCUT2D eigenvalue weighted by Gasteiger charge is 2.19. The summed E-state index contributed by atoms with van der Waals surface area (Å²) in [5, 5.41) is 0.433. The molecule has 1 amide bonds. The number of carbonyl (C=O) groups is 1. The molecule has 1 aromatic carbocycles. The predicted octanol–water partition coefficient (Wildman–Crippen LogP) is 2.97. The first-order valence-electron chi connectivity index (χ1n) is 6.29. The van der Waals surface area contributed by atoms with Gasteiger partial charge in [0, 0.05) is 32.3 Å². The maximum Gasteiger partial charge on any atom is 0.426 e. The monoisotopic (exact) mass is 316 g/mol. The maximum atomic E-state index is 12.0. The first kappa shape index (κ1) is 15.4. The van der Waals surface area contributed by atoms with Crippen LogP contribution in [0, 0.1) is 6.92 Å². The van der Waals surface area contributed by atoms with Crippen molar-refractivity contribution in [1.29, 1.82) is 0 Å². The van der Waals surface area contributed by atoms with Crippen molar-refractivity contribution in [2.24, 2.45) is 0 Å². The summed E-state index contributed by atoms with van der Waals surface area (Å²) in [5.41, 5.74) is 1.02. The van der Waals surface area contributed by atoms with Crippen molar-refractivity contribution in [2.75, 3.05) is 33.4 Å². The molecule has 0 bridgehead atoms. The van der Waals surface area contributed by atoms with Crippen LogP contribution in [0.2, 0.25) is 5.02 Å². The van der Waals surface area contributed by atoms with Gasteiger partial charge in [-0.3, -0.25) is 0 Å². The minimum Gasteiger partial charge on any atom is -0.408 e. The fourth-order valence-electron chi connectivity index (χ4n) is 1.68. The van der Waals surface area contributed by atoms with E-state index in [0.29, 0.717) is 24.0 Å². The molecule has 1 saturated heterocycles. The number of morpholine rings is 1. The number of nitrogens with zero attached hydrogens (tertiary/aromatic N) is 2. The Bertz CT molecular complexity index is 481. The van der Waals surface area contributed by atoms with E-state index in [4.69, 9.17) is 21.1 Å². The van der Waals surface area contributed by atoms with Crippen LogP contribution in [0.25, 0.3) is 0 Å². The van der Waals surface area contributed by atoms with Crippen LogP contribution in [0.3, 0.4) is 0 Å². The largest absolute Gasteiger partial charge is 0.426 e. The second kappa shape index (κ2) is 7.17. The van der Waals surface area contributed by atoms with E-state index in [1.165, 1.54) is 16.4 Å². The zero-order chi connectivity index (χ0) is 14.5. The number of hydrogen-bond acceptors (Lipinski definition) is 5. The molecule has 1 aliphatic rings. The van der Waals surface area contributed by atoms with Crippen molar-refractivity contribution in [3.63, 3.8) is 0 Å². The summed E-state index contributed by atoms with van der Waals surface area (Å²) < 4.78 is 14.0. The Morgan fingerprint density at radius 1 is 1.45 bits per heavy atom. The van der Waals surface area contributed by atoms with E-state index in [9.17, 15) is 4.79 Å². The van der Waals surface area contributed by atoms with Gasteiger partial charge in [0.25, 0.3) is 0 Å². The van der Waals surface area contributed by atoms with E-state index in [1.54, 1.807) is 19.2 Å². The minimum atomic E-state index is -0.452. The molecule has 2 rings (SSSR count). The van der Waals surface area contributed by atoms with Gasteiger partial charge in [-0.2, -0.15) is 0 Å². The van der Waals surface area contributed by atoms with Crippen LogP contribution in [-0.4, -0.2) is 48.1 Å². The first-order chi connectivity index (χ1) is 9.56. The summed E-state index contributed by atoms with van der Waals surface area (Å²) in [4.78, 5) is 12.0. The van der Waals surface area contributed by atoms with Crippen LogP contribution in [0.5, 0.6) is 5.75 Å². The maximum absolute atomic E-state index is 12.0. The van der Waals surface area contributed by atoms with Crippen LogP contribution in [0.4, 0.5) is 4.79 Å². The lowest BCUT2D eigenvalue weighted by Crippen LogP contribution is -2.36. The Balaban J connectivity index is 1.89. The Kier molecular flexibility index (Phi) is 5.54. The molecule has 0 N–H and O–H groups in total. The summed E-state index contributed by atoms with van der Waals surface area (Å²) in [6.45, 7) is 4.86. The molecule has 20 heavy (non-hydrogen) atoms. The number of aryl methyl sites for hydroxylation is 1. The first-order valence-corrected chi connectivity index (χ1v) is 7.39. The average molecular weight is 317 g/mol. The number of ether oxygens (including phenoxy) is 2. The molecule has 5 nitrogen and oxygen atoms in total. The molecule has 1 heterocycles. The van der Waals surface area contributed by atoms with Gasteiger partial charge in [0.05, 0.1) is 18.2 Å². The molecule has 1 fully saturated rings. The van der Waals surface area contributed by atoms with Gasteiger partial charge >= 0.3 is 6.09 Å². The zero-order valence-corrected chi connectivity index (χ0v) is 13.0. The third-order valence-electron chi connectivity index (χ3n) is 2.75. The van der Waals surface area contributed by atoms with Gasteiger partial charge in [-0.25, -0.2) is 13.4 Å². The fourth-order valence-corrected chi connectivity index (χ4v) is 2.72. The van der Waals surface area contributed by atoms with Crippen LogP contribution in [0.1, 0.15) is 5.56 Å². The lowest BCUT2D eigenvalue weighted by Gasteiger charge is -2.28. The van der Waals surface area contributed by atoms with Crippen LogP contribution >= 0.6 is 23.7 Å². The van der Waals surface area contributed by atoms with Gasteiger partial charge in [0.15, 0.2) is 5.75 Å². The van der Waals surface area contributed by atoms with Crippen molar-refractivity contribution in [3.05, 3.63) is 28.8 Å². The Morgan fingerprint density at radius 2 is 2.15 bits per heavy atom. The van der Waals surface area contributed by atoms with Crippen LogP contribution in [0.15, 0.2) is 18.2 Å². The Labute approximate surface area is 128 Å². The van der Waals surface area contributed by atoms with Gasteiger partial charge in [-0.05, 0) is 24.6 Å². The summed E-state index contributed by atoms with van der Waals surface area (Å²) in [7, 11) is 1.67. The number of halogens is 1. The van der Waals surface area contributed by atoms with E-state index in [1.807, 2.05) is 13.0 Å². The number of benzene rings is 1. The minimum absolute atomic E-state index is 0.372. The molecule has 0 spiro atoms. The van der Waals surface area contributed by atoms with Crippen molar-refractivity contribution < 1.29 is 14.3 Å². The van der Waals surface area contributed by atoms with E-state index >= 15 is 0 Å². The highest BCUT2D eigenvalue weighted by molar-refractivity contribution is 7.95. The van der Waals surface area contributed by atoms with Crippen molar-refractivity contribution in [2.45, 2.75) is 6.92 Å². The zero-order valence-electron chi connectivity index (χ0n) is 11.5. The quantitative estimate of drug-likeness (QED) is 0.802. The molecule has 1 aliphatic heterocycles. The van der Waals surface area contributed by atoms with E-state index < -0.39 is 6.09 Å². The van der Waals surface area contributed by atoms with Gasteiger partial charge < -0.3 is 9.47 Å². The lowest BCUT2D eigenvalue weighted by atomic mass is 10.2. The third-order valence-corrected chi connectivity index (χ3v) is 4.04. The SMILES string of the molecule is Cc1ccc(OC(=O)N(C)SN2CCOCC2)c(Cl)c1. The molecule has 0 aromatic heterocycles. The molecule has 0 aliphatic carbocycles. The Hall–Kier alpha value is -0.950. The standard InChI is InChI=1S/C13H17ClN2O3S/c1-10-3-4-12(11(14)9-10)19-13(17)15(2)20-16-5-7-18-8-6-16/h3-4,9H,5-8H2,1-2H3. The molecular weight excluding hydrogens is 300 g/mol. The van der Waals surface area contributed by atoms with Crippen LogP contribution < -0.4 is 4.74 Å². The van der Waals surface area contributed by atoms with Crippen molar-refractivity contribution >= 4 is 29.8 Å². The summed E-state index contributed by atoms with van der Waals surface area (Å²) in [6.07, 6.45) is -0.452. The predicted molar refractivity (Wildman–Crippen MR) is 80.0 cm³/mol. The molecule has 0 unspecified atom stereocenters. The Morgan fingerprint density at radius 3 is 2.80 bits per heavy atom. The summed E-state index contributed by atoms with van der Waals surface area (Å²) in [6, 6.07) is 5.31. The molecule has 1 aromatic rings. The van der Waals surface area contributed by atoms with Gasteiger partial charge in [-0.1, -0.05) is 17.7 Å². The second-order valence-corrected chi connectivity index (χ2v) is 6.06. The molecule has 7 heteroatoms. The third kappa shape index (κ3) is 4.28. The molecular formula is C13H17ClN2O3S. The number of amides is 1. The van der Waals surface area contributed by atoms with Crippen molar-refractivity contribution in [1.82, 2.24) is 8.61 Å². The highest BCUT2D eigenvalue weighted by atomic mass is 35.5. The molecule has 0 atom stereocenters. The fraction of sp³-hybridized carbons (Fsp3) is 0.462. The smallest absolute Gasteiger partial charge is 0.408 e. The summed E-state index contributed by atoms with van der Waals surface area (Å²) >= 11 is 7.37. The van der Waals surface area contributed by atoms with Crippen LogP contribution in [-0.2, 0) is 4.74 Å². The number of hydrogen-bond donors (Lipinski definition) is 0. The molecule has 110 valence electrons. The summed E-state index contributed by atoms with van der Waals surface area (Å²) in [5.74, 6) is 0.372. The van der Waals surface area contributed by atoms with E-state index in [-0.39, 0.29) is 0 Å². The van der Waals surface area contributed by atoms with Crippen molar-refractivity contribution in [3.8, 4) is 5.75 Å². The van der Waals surface area contributed by atoms with E-state index in [2.05, 4.69) is 4.31 Å². The normalized spacial score (nSPS) is 15.9. The van der Waals surface area contributed by atoms with Gasteiger partial charge in [0.1, 0.15) is 0 Å². The lowest BCUT2D eigenvalue weighted by molar-refractivity contribution is 0.0759. The average Bonchev–Trinajstić information content (AvgIpc) is 2.43. The molecule has 0 radical (unpaired) electrons. The second-order valence-electron chi connectivity index (χ2n) is 4.42. The number of rotatable bonds is 3. The number of carbonyl (C=O) groups excluding carboxylic acids is 1.